The molecule has 0 aliphatic carbocycles. The number of pyridine rings is 1. The number of nitrogens with zero attached hydrogens (tertiary/aromatic N) is 3. The van der Waals surface area contributed by atoms with E-state index in [1.807, 2.05) is 6.07 Å². The molecule has 3 heterocycles. The Morgan fingerprint density at radius 1 is 1.27 bits per heavy atom. The number of ether oxygens (including phenoxy) is 1. The van der Waals surface area contributed by atoms with Gasteiger partial charge in [-0.05, 0) is 17.5 Å². The Hall–Kier alpha value is -1.94. The number of aromatic nitrogens is 3. The highest BCUT2D eigenvalue weighted by Crippen LogP contribution is 2.41. The smallest absolute Gasteiger partial charge is 0.232 e. The first-order valence-corrected chi connectivity index (χ1v) is 10.2. The third-order valence-electron chi connectivity index (χ3n) is 3.96. The van der Waals surface area contributed by atoms with E-state index in [2.05, 4.69) is 23.8 Å². The van der Waals surface area contributed by atoms with Gasteiger partial charge in [0, 0.05) is 41.6 Å². The molecule has 1 unspecified atom stereocenters. The summed E-state index contributed by atoms with van der Waals surface area (Å²) < 4.78 is 18.2. The van der Waals surface area contributed by atoms with Crippen molar-refractivity contribution in [1.29, 1.82) is 0 Å². The van der Waals surface area contributed by atoms with Gasteiger partial charge >= 0.3 is 0 Å². The van der Waals surface area contributed by atoms with E-state index < -0.39 is 11.2 Å². The normalized spacial score (nSPS) is 12.8. The molecule has 3 rings (SSSR count). The molecule has 7 nitrogen and oxygen atoms in total. The van der Waals surface area contributed by atoms with Gasteiger partial charge in [0.15, 0.2) is 0 Å². The quantitative estimate of drug-likeness (QED) is 0.619. The number of hydrogen-bond donors (Lipinski definition) is 2. The second-order valence-electron chi connectivity index (χ2n) is 6.11. The van der Waals surface area contributed by atoms with Crippen molar-refractivity contribution in [2.75, 3.05) is 30.9 Å². The van der Waals surface area contributed by atoms with Gasteiger partial charge in [-0.2, -0.15) is 0 Å². The van der Waals surface area contributed by atoms with Crippen molar-refractivity contribution in [1.82, 2.24) is 15.0 Å². The van der Waals surface area contributed by atoms with Gasteiger partial charge in [0.05, 0.1) is 12.3 Å². The largest absolute Gasteiger partial charge is 0.611 e. The third kappa shape index (κ3) is 3.61. The summed E-state index contributed by atoms with van der Waals surface area (Å²) >= 11 is 0.153. The summed E-state index contributed by atoms with van der Waals surface area (Å²) in [6, 6.07) is 1.99. The van der Waals surface area contributed by atoms with Crippen LogP contribution in [0.1, 0.15) is 25.3 Å². The number of rotatable bonds is 6. The van der Waals surface area contributed by atoms with Crippen molar-refractivity contribution in [2.45, 2.75) is 24.0 Å². The standard InChI is InChI=1S/C17H21N5O2S2/c1-9(2)11-6-12(10-7-20-17(19)21-8-10)22-15-13(11)14(18)16(25-15)26(23)5-4-24-3/h6-9H,4-5,18H2,1-3H3,(H2,19,20,21). The molecule has 0 fully saturated rings. The minimum absolute atomic E-state index is 0.218. The Kier molecular flexibility index (Phi) is 5.61. The predicted octanol–water partition coefficient (Wildman–Crippen LogP) is 2.80. The predicted molar refractivity (Wildman–Crippen MR) is 107 cm³/mol. The number of hydrogen-bond acceptors (Lipinski definition) is 8. The highest BCUT2D eigenvalue weighted by molar-refractivity contribution is 7.93. The molecule has 26 heavy (non-hydrogen) atoms. The third-order valence-corrected chi connectivity index (χ3v) is 6.84. The van der Waals surface area contributed by atoms with Crippen LogP contribution in [0.25, 0.3) is 21.5 Å². The lowest BCUT2D eigenvalue weighted by atomic mass is 9.98. The first-order chi connectivity index (χ1) is 12.4. The fraction of sp³-hybridized carbons (Fsp3) is 0.353. The average Bonchev–Trinajstić information content (AvgIpc) is 2.96. The summed E-state index contributed by atoms with van der Waals surface area (Å²) in [5.41, 5.74) is 15.1. The molecule has 138 valence electrons. The molecule has 3 aromatic rings. The van der Waals surface area contributed by atoms with Gasteiger partial charge in [0.2, 0.25) is 10.2 Å². The Balaban J connectivity index is 2.15. The number of nitrogen functional groups attached to an aromatic ring is 2. The van der Waals surface area contributed by atoms with Gasteiger partial charge in [-0.3, -0.25) is 0 Å². The van der Waals surface area contributed by atoms with Crippen LogP contribution in [0.5, 0.6) is 0 Å². The minimum Gasteiger partial charge on any atom is -0.611 e. The minimum atomic E-state index is -1.22. The van der Waals surface area contributed by atoms with Gasteiger partial charge in [-0.1, -0.05) is 25.2 Å². The summed E-state index contributed by atoms with van der Waals surface area (Å²) in [6.07, 6.45) is 3.30. The molecule has 0 saturated carbocycles. The maximum Gasteiger partial charge on any atom is 0.232 e. The highest BCUT2D eigenvalue weighted by atomic mass is 32.2. The molecule has 4 N–H and O–H groups in total. The zero-order valence-corrected chi connectivity index (χ0v) is 16.5. The van der Waals surface area contributed by atoms with Crippen LogP contribution in [0.15, 0.2) is 22.7 Å². The lowest BCUT2D eigenvalue weighted by Crippen LogP contribution is -2.11. The zero-order valence-electron chi connectivity index (χ0n) is 14.9. The van der Waals surface area contributed by atoms with Crippen molar-refractivity contribution in [3.63, 3.8) is 0 Å². The van der Waals surface area contributed by atoms with Crippen LogP contribution in [0.2, 0.25) is 0 Å². The SMILES string of the molecule is COCC[S+]([O-])c1sc2nc(-c3cnc(N)nc3)cc(C(C)C)c2c1N. The molecule has 0 saturated heterocycles. The lowest BCUT2D eigenvalue weighted by Gasteiger charge is -2.11. The van der Waals surface area contributed by atoms with Crippen LogP contribution < -0.4 is 11.5 Å². The first-order valence-electron chi connectivity index (χ1n) is 8.10. The lowest BCUT2D eigenvalue weighted by molar-refractivity contribution is 0.217. The van der Waals surface area contributed by atoms with Gasteiger partial charge in [0.25, 0.3) is 0 Å². The number of fused-ring (bicyclic) bond motifs is 1. The van der Waals surface area contributed by atoms with Crippen molar-refractivity contribution in [3.05, 3.63) is 24.0 Å². The Labute approximate surface area is 159 Å². The average molecular weight is 392 g/mol. The second-order valence-corrected chi connectivity index (χ2v) is 8.87. The van der Waals surface area contributed by atoms with Gasteiger partial charge < -0.3 is 20.8 Å². The van der Waals surface area contributed by atoms with E-state index in [1.54, 1.807) is 19.5 Å². The molecule has 0 bridgehead atoms. The zero-order chi connectivity index (χ0) is 18.8. The topological polar surface area (TPSA) is 123 Å². The maximum absolute atomic E-state index is 12.6. The number of nitrogens with two attached hydrogens (primary N) is 2. The van der Waals surface area contributed by atoms with Gasteiger partial charge in [0.1, 0.15) is 16.3 Å². The highest BCUT2D eigenvalue weighted by Gasteiger charge is 2.25. The second kappa shape index (κ2) is 7.75. The summed E-state index contributed by atoms with van der Waals surface area (Å²) in [5.74, 6) is 0.852. The molecule has 9 heteroatoms. The van der Waals surface area contributed by atoms with Crippen molar-refractivity contribution >= 4 is 44.4 Å². The molecule has 3 aromatic heterocycles. The van der Waals surface area contributed by atoms with Crippen LogP contribution in [0.3, 0.4) is 0 Å². The molecular formula is C17H21N5O2S2. The summed E-state index contributed by atoms with van der Waals surface area (Å²) in [5, 5.41) is 0.880. The van der Waals surface area contributed by atoms with Crippen molar-refractivity contribution < 1.29 is 9.29 Å². The van der Waals surface area contributed by atoms with Crippen molar-refractivity contribution in [3.8, 4) is 11.3 Å². The van der Waals surface area contributed by atoms with Crippen LogP contribution >= 0.6 is 11.3 Å². The first kappa shape index (κ1) is 18.8. The Morgan fingerprint density at radius 2 is 1.96 bits per heavy atom. The van der Waals surface area contributed by atoms with E-state index in [1.165, 1.54) is 11.3 Å². The fourth-order valence-corrected chi connectivity index (χ4v) is 5.20. The number of methoxy groups -OCH3 is 1. The monoisotopic (exact) mass is 391 g/mol. The van der Waals surface area contributed by atoms with E-state index in [0.717, 1.165) is 27.0 Å². The van der Waals surface area contributed by atoms with E-state index >= 15 is 0 Å². The molecule has 0 radical (unpaired) electrons. The van der Waals surface area contributed by atoms with Crippen LogP contribution in [-0.4, -0.2) is 39.0 Å². The van der Waals surface area contributed by atoms with E-state index in [0.29, 0.717) is 22.3 Å². The van der Waals surface area contributed by atoms with E-state index in [-0.39, 0.29) is 11.9 Å². The molecule has 0 spiro atoms. The van der Waals surface area contributed by atoms with E-state index in [9.17, 15) is 4.55 Å². The molecule has 0 amide bonds. The summed E-state index contributed by atoms with van der Waals surface area (Å²) in [7, 11) is 1.59. The number of thiophene rings is 1. The summed E-state index contributed by atoms with van der Waals surface area (Å²) in [6.45, 7) is 4.60. The molecule has 0 aliphatic rings. The molecule has 0 aromatic carbocycles. The molecule has 0 aliphatic heterocycles. The van der Waals surface area contributed by atoms with Gasteiger partial charge in [-0.15, -0.1) is 0 Å². The molecule has 1 atom stereocenters. The Morgan fingerprint density at radius 3 is 2.58 bits per heavy atom. The van der Waals surface area contributed by atoms with Crippen LogP contribution in [0.4, 0.5) is 11.6 Å². The van der Waals surface area contributed by atoms with Gasteiger partial charge in [-0.25, -0.2) is 15.0 Å². The number of anilines is 2. The Bertz CT molecular complexity index is 912. The molecular weight excluding hydrogens is 370 g/mol. The fourth-order valence-electron chi connectivity index (χ4n) is 2.62. The van der Waals surface area contributed by atoms with Crippen LogP contribution in [0, 0.1) is 0 Å². The van der Waals surface area contributed by atoms with E-state index in [4.69, 9.17) is 21.2 Å². The van der Waals surface area contributed by atoms with Crippen molar-refractivity contribution in [2.24, 2.45) is 0 Å². The maximum atomic E-state index is 12.6. The van der Waals surface area contributed by atoms with Crippen LogP contribution in [-0.2, 0) is 15.9 Å². The summed E-state index contributed by atoms with van der Waals surface area (Å²) in [4.78, 5) is 13.6.